The van der Waals surface area contributed by atoms with E-state index in [0.717, 1.165) is 19.5 Å². The van der Waals surface area contributed by atoms with Gasteiger partial charge in [0.15, 0.2) is 0 Å². The first kappa shape index (κ1) is 13.0. The summed E-state index contributed by atoms with van der Waals surface area (Å²) in [6.07, 6.45) is 1.24. The number of methoxy groups -OCH3 is 1. The van der Waals surface area contributed by atoms with Crippen LogP contribution >= 0.6 is 0 Å². The average molecular weight is 228 g/mol. The molecule has 0 spiro atoms. The second-order valence-corrected chi connectivity index (χ2v) is 4.42. The lowest BCUT2D eigenvalue weighted by molar-refractivity contribution is -0.145. The van der Waals surface area contributed by atoms with Crippen molar-refractivity contribution < 1.29 is 14.3 Å². The predicted molar refractivity (Wildman–Crippen MR) is 59.9 cm³/mol. The van der Waals surface area contributed by atoms with E-state index < -0.39 is 0 Å². The van der Waals surface area contributed by atoms with E-state index in [2.05, 4.69) is 9.64 Å². The molecular weight excluding hydrogens is 208 g/mol. The van der Waals surface area contributed by atoms with Crippen LogP contribution in [0, 0.1) is 5.92 Å². The molecule has 0 aromatic heterocycles. The van der Waals surface area contributed by atoms with Crippen molar-refractivity contribution in [2.24, 2.45) is 5.92 Å². The summed E-state index contributed by atoms with van der Waals surface area (Å²) < 4.78 is 4.65. The highest BCUT2D eigenvalue weighted by atomic mass is 16.5. The van der Waals surface area contributed by atoms with Crippen LogP contribution < -0.4 is 0 Å². The van der Waals surface area contributed by atoms with E-state index >= 15 is 0 Å². The third-order valence-electron chi connectivity index (χ3n) is 2.78. The van der Waals surface area contributed by atoms with Crippen molar-refractivity contribution in [1.29, 1.82) is 0 Å². The second-order valence-electron chi connectivity index (χ2n) is 4.42. The number of amides is 1. The lowest BCUT2D eigenvalue weighted by Crippen LogP contribution is -2.29. The zero-order chi connectivity index (χ0) is 12.1. The Kier molecular flexibility index (Phi) is 4.73. The minimum absolute atomic E-state index is 0.0640. The maximum Gasteiger partial charge on any atom is 0.310 e. The molecule has 0 aliphatic carbocycles. The van der Waals surface area contributed by atoms with E-state index in [4.69, 9.17) is 0 Å². The molecule has 1 saturated heterocycles. The average Bonchev–Trinajstić information content (AvgIpc) is 2.59. The molecule has 0 N–H and O–H groups in total. The van der Waals surface area contributed by atoms with E-state index in [1.807, 2.05) is 14.1 Å². The van der Waals surface area contributed by atoms with Gasteiger partial charge < -0.3 is 14.5 Å². The van der Waals surface area contributed by atoms with Crippen LogP contribution in [-0.4, -0.2) is 62.5 Å². The largest absolute Gasteiger partial charge is 0.469 e. The van der Waals surface area contributed by atoms with E-state index in [1.54, 1.807) is 4.90 Å². The SMILES string of the molecule is COC(=O)[C@@H]1CC(=O)N(CCCN(C)C)C1. The Hall–Kier alpha value is -1.10. The van der Waals surface area contributed by atoms with Gasteiger partial charge in [0.2, 0.25) is 5.91 Å². The quantitative estimate of drug-likeness (QED) is 0.620. The fourth-order valence-corrected chi connectivity index (χ4v) is 1.89. The summed E-state index contributed by atoms with van der Waals surface area (Å²) in [6, 6.07) is 0. The first-order valence-corrected chi connectivity index (χ1v) is 5.55. The van der Waals surface area contributed by atoms with Crippen LogP contribution in [-0.2, 0) is 14.3 Å². The van der Waals surface area contributed by atoms with Gasteiger partial charge in [-0.1, -0.05) is 0 Å². The Morgan fingerprint density at radius 2 is 2.25 bits per heavy atom. The lowest BCUT2D eigenvalue weighted by atomic mass is 10.1. The lowest BCUT2D eigenvalue weighted by Gasteiger charge is -2.17. The molecule has 1 aliphatic rings. The van der Waals surface area contributed by atoms with E-state index in [1.165, 1.54) is 7.11 Å². The van der Waals surface area contributed by atoms with Gasteiger partial charge in [0, 0.05) is 19.5 Å². The standard InChI is InChI=1S/C11H20N2O3/c1-12(2)5-4-6-13-8-9(7-10(13)14)11(15)16-3/h9H,4-8H2,1-3H3/t9-/m1/s1. The van der Waals surface area contributed by atoms with Gasteiger partial charge in [0.05, 0.1) is 13.0 Å². The first-order chi connectivity index (χ1) is 7.54. The van der Waals surface area contributed by atoms with Crippen molar-refractivity contribution in [3.63, 3.8) is 0 Å². The van der Waals surface area contributed by atoms with Gasteiger partial charge in [0.1, 0.15) is 0 Å². The molecule has 16 heavy (non-hydrogen) atoms. The fraction of sp³-hybridized carbons (Fsp3) is 0.818. The van der Waals surface area contributed by atoms with Crippen molar-refractivity contribution in [2.45, 2.75) is 12.8 Å². The molecule has 0 saturated carbocycles. The Balaban J connectivity index is 2.34. The number of likely N-dealkylation sites (tertiary alicyclic amines) is 1. The summed E-state index contributed by atoms with van der Waals surface area (Å²) in [7, 11) is 5.37. The van der Waals surface area contributed by atoms with Crippen molar-refractivity contribution in [2.75, 3.05) is 40.8 Å². The van der Waals surface area contributed by atoms with Crippen LogP contribution in [0.2, 0.25) is 0 Å². The molecule has 1 heterocycles. The third kappa shape index (κ3) is 3.48. The summed E-state index contributed by atoms with van der Waals surface area (Å²) in [4.78, 5) is 26.7. The highest BCUT2D eigenvalue weighted by Gasteiger charge is 2.34. The summed E-state index contributed by atoms with van der Waals surface area (Å²) in [6.45, 7) is 2.19. The molecule has 5 nitrogen and oxygen atoms in total. The molecule has 5 heteroatoms. The third-order valence-corrected chi connectivity index (χ3v) is 2.78. The van der Waals surface area contributed by atoms with E-state index in [-0.39, 0.29) is 17.8 Å². The summed E-state index contributed by atoms with van der Waals surface area (Å²) in [5.41, 5.74) is 0. The number of carbonyl (C=O) groups is 2. The Bertz CT molecular complexity index is 266. The molecule has 0 aromatic carbocycles. The Labute approximate surface area is 96.3 Å². The normalized spacial score (nSPS) is 20.6. The molecule has 1 atom stereocenters. The highest BCUT2D eigenvalue weighted by molar-refractivity contribution is 5.86. The molecule has 1 aliphatic heterocycles. The van der Waals surface area contributed by atoms with Gasteiger partial charge in [-0.25, -0.2) is 0 Å². The molecular formula is C11H20N2O3. The van der Waals surface area contributed by atoms with Crippen molar-refractivity contribution in [3.8, 4) is 0 Å². The zero-order valence-electron chi connectivity index (χ0n) is 10.2. The van der Waals surface area contributed by atoms with Gasteiger partial charge in [-0.15, -0.1) is 0 Å². The Morgan fingerprint density at radius 1 is 1.56 bits per heavy atom. The minimum Gasteiger partial charge on any atom is -0.469 e. The molecule has 0 aromatic rings. The molecule has 92 valence electrons. The maximum absolute atomic E-state index is 11.6. The van der Waals surface area contributed by atoms with Crippen LogP contribution in [0.3, 0.4) is 0 Å². The number of hydrogen-bond donors (Lipinski definition) is 0. The fourth-order valence-electron chi connectivity index (χ4n) is 1.89. The minimum atomic E-state index is -0.275. The smallest absolute Gasteiger partial charge is 0.310 e. The van der Waals surface area contributed by atoms with Crippen LogP contribution in [0.5, 0.6) is 0 Å². The molecule has 0 bridgehead atoms. The van der Waals surface area contributed by atoms with Crippen LogP contribution in [0.15, 0.2) is 0 Å². The Morgan fingerprint density at radius 3 is 2.81 bits per heavy atom. The van der Waals surface area contributed by atoms with Gasteiger partial charge in [0.25, 0.3) is 0 Å². The molecule has 1 rings (SSSR count). The van der Waals surface area contributed by atoms with Crippen LogP contribution in [0.4, 0.5) is 0 Å². The van der Waals surface area contributed by atoms with Crippen molar-refractivity contribution in [1.82, 2.24) is 9.80 Å². The van der Waals surface area contributed by atoms with Crippen molar-refractivity contribution in [3.05, 3.63) is 0 Å². The molecule has 0 radical (unpaired) electrons. The summed E-state index contributed by atoms with van der Waals surface area (Å²) >= 11 is 0. The van der Waals surface area contributed by atoms with Gasteiger partial charge in [-0.2, -0.15) is 0 Å². The molecule has 1 amide bonds. The summed E-state index contributed by atoms with van der Waals surface area (Å²) in [5.74, 6) is -0.477. The van der Waals surface area contributed by atoms with Gasteiger partial charge in [-0.05, 0) is 27.1 Å². The van der Waals surface area contributed by atoms with E-state index in [9.17, 15) is 9.59 Å². The van der Waals surface area contributed by atoms with Gasteiger partial charge >= 0.3 is 5.97 Å². The zero-order valence-corrected chi connectivity index (χ0v) is 10.2. The molecule has 1 fully saturated rings. The second kappa shape index (κ2) is 5.84. The molecule has 0 unspecified atom stereocenters. The first-order valence-electron chi connectivity index (χ1n) is 5.55. The van der Waals surface area contributed by atoms with Gasteiger partial charge in [-0.3, -0.25) is 9.59 Å². The van der Waals surface area contributed by atoms with Crippen molar-refractivity contribution >= 4 is 11.9 Å². The number of hydrogen-bond acceptors (Lipinski definition) is 4. The number of carbonyl (C=O) groups excluding carboxylic acids is 2. The topological polar surface area (TPSA) is 49.9 Å². The predicted octanol–water partition coefficient (Wildman–Crippen LogP) is -0.0404. The number of nitrogens with zero attached hydrogens (tertiary/aromatic N) is 2. The maximum atomic E-state index is 11.6. The highest BCUT2D eigenvalue weighted by Crippen LogP contribution is 2.18. The number of rotatable bonds is 5. The summed E-state index contributed by atoms with van der Waals surface area (Å²) in [5, 5.41) is 0. The number of esters is 1. The van der Waals surface area contributed by atoms with E-state index in [0.29, 0.717) is 13.0 Å². The number of ether oxygens (including phenoxy) is 1. The van der Waals surface area contributed by atoms with Crippen LogP contribution in [0.25, 0.3) is 0 Å². The van der Waals surface area contributed by atoms with Crippen LogP contribution in [0.1, 0.15) is 12.8 Å². The monoisotopic (exact) mass is 228 g/mol.